The van der Waals surface area contributed by atoms with Crippen molar-refractivity contribution in [1.82, 2.24) is 14.5 Å². The fourth-order valence-corrected chi connectivity index (χ4v) is 3.54. The summed E-state index contributed by atoms with van der Waals surface area (Å²) in [6.45, 7) is 6.54. The molecule has 2 heterocycles. The Balaban J connectivity index is 1.98. The Hall–Kier alpha value is -2.45. The Labute approximate surface area is 168 Å². The van der Waals surface area contributed by atoms with Gasteiger partial charge in [-0.3, -0.25) is 9.36 Å². The highest BCUT2D eigenvalue weighted by molar-refractivity contribution is 7.71. The summed E-state index contributed by atoms with van der Waals surface area (Å²) < 4.78 is 12.5. The lowest BCUT2D eigenvalue weighted by Crippen LogP contribution is -2.42. The van der Waals surface area contributed by atoms with Crippen LogP contribution in [0.1, 0.15) is 37.6 Å². The molecule has 1 aromatic heterocycles. The number of nitrogens with one attached hydrogen (secondary N) is 1. The monoisotopic (exact) mass is 403 g/mol. The Kier molecular flexibility index (Phi) is 5.71. The highest BCUT2D eigenvalue weighted by Crippen LogP contribution is 2.20. The van der Waals surface area contributed by atoms with Crippen molar-refractivity contribution in [2.75, 3.05) is 13.7 Å². The highest BCUT2D eigenvalue weighted by Gasteiger charge is 2.28. The number of carbonyl (C=O) groups excluding carboxylic acids is 1. The molecule has 1 amide bonds. The number of carbonyl (C=O) groups is 1. The average Bonchev–Trinajstić information content (AvgIpc) is 2.61. The van der Waals surface area contributed by atoms with Gasteiger partial charge in [-0.2, -0.15) is 0 Å². The Bertz CT molecular complexity index is 1000. The molecule has 150 valence electrons. The van der Waals surface area contributed by atoms with Gasteiger partial charge in [-0.05, 0) is 45.5 Å². The minimum atomic E-state index is -0.571. The summed E-state index contributed by atoms with van der Waals surface area (Å²) in [5.74, 6) is 0. The first-order chi connectivity index (χ1) is 13.2. The van der Waals surface area contributed by atoms with Gasteiger partial charge in [-0.25, -0.2) is 4.79 Å². The number of H-pyrrole nitrogens is 1. The lowest BCUT2D eigenvalue weighted by atomic mass is 10.1. The summed E-state index contributed by atoms with van der Waals surface area (Å²) in [4.78, 5) is 30.3. The van der Waals surface area contributed by atoms with Gasteiger partial charge in [0, 0.05) is 30.5 Å². The first-order valence-corrected chi connectivity index (χ1v) is 9.54. The molecule has 1 aromatic carbocycles. The number of methoxy groups -OCH3 is 1. The van der Waals surface area contributed by atoms with Gasteiger partial charge in [0.2, 0.25) is 0 Å². The highest BCUT2D eigenvalue weighted by atomic mass is 32.1. The number of hydrogen-bond acceptors (Lipinski definition) is 5. The Morgan fingerprint density at radius 2 is 2.00 bits per heavy atom. The Morgan fingerprint density at radius 3 is 2.68 bits per heavy atom. The third kappa shape index (κ3) is 4.18. The molecule has 8 heteroatoms. The summed E-state index contributed by atoms with van der Waals surface area (Å²) in [5.41, 5.74) is 2.14. The molecule has 1 aliphatic heterocycles. The largest absolute Gasteiger partial charge is 0.444 e. The molecule has 0 atom stereocenters. The zero-order valence-corrected chi connectivity index (χ0v) is 17.4. The number of rotatable bonds is 3. The van der Waals surface area contributed by atoms with Crippen LogP contribution < -0.4 is 5.56 Å². The lowest BCUT2D eigenvalue weighted by Gasteiger charge is -2.31. The van der Waals surface area contributed by atoms with E-state index >= 15 is 0 Å². The lowest BCUT2D eigenvalue weighted by molar-refractivity contribution is 0.0220. The van der Waals surface area contributed by atoms with Crippen molar-refractivity contribution in [2.45, 2.75) is 45.9 Å². The zero-order valence-electron chi connectivity index (χ0n) is 16.6. The van der Waals surface area contributed by atoms with Gasteiger partial charge in [0.1, 0.15) is 5.60 Å². The zero-order chi connectivity index (χ0) is 20.5. The second-order valence-electron chi connectivity index (χ2n) is 7.74. The van der Waals surface area contributed by atoms with E-state index in [1.165, 1.54) is 4.57 Å². The molecule has 1 aliphatic rings. The van der Waals surface area contributed by atoms with Crippen LogP contribution in [0, 0.1) is 4.77 Å². The van der Waals surface area contributed by atoms with Crippen molar-refractivity contribution in [3.8, 4) is 5.69 Å². The van der Waals surface area contributed by atoms with Crippen molar-refractivity contribution in [1.29, 1.82) is 0 Å². The average molecular weight is 404 g/mol. The number of benzene rings is 1. The maximum Gasteiger partial charge on any atom is 0.410 e. The molecule has 0 bridgehead atoms. The van der Waals surface area contributed by atoms with E-state index in [0.717, 1.165) is 5.56 Å². The van der Waals surface area contributed by atoms with E-state index in [2.05, 4.69) is 4.98 Å². The molecule has 28 heavy (non-hydrogen) atoms. The van der Waals surface area contributed by atoms with Gasteiger partial charge in [-0.1, -0.05) is 18.2 Å². The summed E-state index contributed by atoms with van der Waals surface area (Å²) >= 11 is 5.47. The van der Waals surface area contributed by atoms with Crippen LogP contribution in [-0.2, 0) is 29.0 Å². The van der Waals surface area contributed by atoms with Crippen molar-refractivity contribution >= 4 is 18.3 Å². The molecular formula is C20H25N3O4S. The molecular weight excluding hydrogens is 378 g/mol. The number of aromatic amines is 1. The van der Waals surface area contributed by atoms with Crippen LogP contribution in [0.15, 0.2) is 29.1 Å². The minimum absolute atomic E-state index is 0.161. The fourth-order valence-electron chi connectivity index (χ4n) is 3.23. The number of amides is 1. The van der Waals surface area contributed by atoms with E-state index in [9.17, 15) is 9.59 Å². The van der Waals surface area contributed by atoms with Crippen LogP contribution in [0.5, 0.6) is 0 Å². The molecule has 0 spiro atoms. The fraction of sp³-hybridized carbons (Fsp3) is 0.450. The van der Waals surface area contributed by atoms with E-state index in [1.54, 1.807) is 12.0 Å². The summed E-state index contributed by atoms with van der Waals surface area (Å²) in [5, 5.41) is 0. The number of hydrogen-bond donors (Lipinski definition) is 1. The quantitative estimate of drug-likeness (QED) is 0.796. The van der Waals surface area contributed by atoms with Crippen LogP contribution in [-0.4, -0.2) is 39.8 Å². The minimum Gasteiger partial charge on any atom is -0.444 e. The number of aromatic nitrogens is 2. The second-order valence-corrected chi connectivity index (χ2v) is 8.13. The summed E-state index contributed by atoms with van der Waals surface area (Å²) in [6, 6.07) is 7.51. The predicted molar refractivity (Wildman–Crippen MR) is 108 cm³/mol. The SMILES string of the molecule is COCc1ccccc1-n1c(=S)[nH]c2c(c1=O)CCN(C(=O)OC(C)(C)C)C2. The normalized spacial score (nSPS) is 13.9. The molecule has 0 fully saturated rings. The maximum atomic E-state index is 13.2. The summed E-state index contributed by atoms with van der Waals surface area (Å²) in [6.07, 6.45) is 0.0403. The molecule has 1 N–H and O–H groups in total. The summed E-state index contributed by atoms with van der Waals surface area (Å²) in [7, 11) is 1.61. The van der Waals surface area contributed by atoms with Crippen molar-refractivity contribution < 1.29 is 14.3 Å². The van der Waals surface area contributed by atoms with Gasteiger partial charge in [0.15, 0.2) is 4.77 Å². The third-order valence-electron chi connectivity index (χ3n) is 4.45. The topological polar surface area (TPSA) is 76.6 Å². The van der Waals surface area contributed by atoms with Crippen LogP contribution in [0.4, 0.5) is 4.79 Å². The number of fused-ring (bicyclic) bond motifs is 1. The predicted octanol–water partition coefficient (Wildman–Crippen LogP) is 3.33. The molecule has 3 rings (SSSR count). The van der Waals surface area contributed by atoms with Gasteiger partial charge in [-0.15, -0.1) is 0 Å². The number of para-hydroxylation sites is 1. The molecule has 0 saturated carbocycles. The molecule has 0 saturated heterocycles. The van der Waals surface area contributed by atoms with Gasteiger partial charge in [0.05, 0.1) is 18.8 Å². The standard InChI is InChI=1S/C20H25N3O4S/c1-20(2,3)27-19(25)22-10-9-14-15(11-22)21-18(28)23(17(14)24)16-8-6-5-7-13(16)12-26-4/h5-8H,9-12H2,1-4H3,(H,21,28). The number of ether oxygens (including phenoxy) is 2. The Morgan fingerprint density at radius 1 is 1.29 bits per heavy atom. The molecule has 0 radical (unpaired) electrons. The molecule has 7 nitrogen and oxygen atoms in total. The maximum absolute atomic E-state index is 13.2. The molecule has 0 aliphatic carbocycles. The van der Waals surface area contributed by atoms with E-state index in [0.29, 0.717) is 41.3 Å². The van der Waals surface area contributed by atoms with Crippen LogP contribution in [0.2, 0.25) is 0 Å². The van der Waals surface area contributed by atoms with Gasteiger partial charge >= 0.3 is 6.09 Å². The van der Waals surface area contributed by atoms with Gasteiger partial charge in [0.25, 0.3) is 5.56 Å². The van der Waals surface area contributed by atoms with Crippen LogP contribution in [0.3, 0.4) is 0 Å². The smallest absolute Gasteiger partial charge is 0.410 e. The van der Waals surface area contributed by atoms with Crippen molar-refractivity contribution in [3.05, 3.63) is 56.2 Å². The number of nitrogens with zero attached hydrogens (tertiary/aromatic N) is 2. The first-order valence-electron chi connectivity index (χ1n) is 9.13. The van der Waals surface area contributed by atoms with Crippen molar-refractivity contribution in [2.24, 2.45) is 0 Å². The van der Waals surface area contributed by atoms with E-state index < -0.39 is 11.7 Å². The molecule has 2 aromatic rings. The second kappa shape index (κ2) is 7.89. The van der Waals surface area contributed by atoms with Crippen LogP contribution >= 0.6 is 12.2 Å². The van der Waals surface area contributed by atoms with Gasteiger partial charge < -0.3 is 19.4 Å². The van der Waals surface area contributed by atoms with E-state index in [1.807, 2.05) is 45.0 Å². The molecule has 0 unspecified atom stereocenters. The van der Waals surface area contributed by atoms with E-state index in [-0.39, 0.29) is 12.1 Å². The van der Waals surface area contributed by atoms with E-state index in [4.69, 9.17) is 21.7 Å². The first kappa shape index (κ1) is 20.3. The van der Waals surface area contributed by atoms with Crippen molar-refractivity contribution in [3.63, 3.8) is 0 Å². The third-order valence-corrected chi connectivity index (χ3v) is 4.74. The van der Waals surface area contributed by atoms with Crippen LogP contribution in [0.25, 0.3) is 5.69 Å².